The van der Waals surface area contributed by atoms with Crippen molar-refractivity contribution in [1.29, 1.82) is 0 Å². The molecule has 1 saturated carbocycles. The number of hydrogen-bond acceptors (Lipinski definition) is 2. The Morgan fingerprint density at radius 2 is 2.21 bits per heavy atom. The highest BCUT2D eigenvalue weighted by Crippen LogP contribution is 2.26. The number of carbonyl (C=O) groups excluding carboxylic acids is 1. The van der Waals surface area contributed by atoms with Gasteiger partial charge in [0.2, 0.25) is 0 Å². The molecule has 2 rings (SSSR count). The van der Waals surface area contributed by atoms with Crippen LogP contribution in [0.3, 0.4) is 0 Å². The SMILES string of the molecule is CC(NC(=O)NCc1nccn1C)C1CCCCC1. The van der Waals surface area contributed by atoms with Crippen LogP contribution in [0.4, 0.5) is 4.79 Å². The van der Waals surface area contributed by atoms with Crippen LogP contribution in [0, 0.1) is 5.92 Å². The average molecular weight is 264 g/mol. The number of urea groups is 1. The summed E-state index contributed by atoms with van der Waals surface area (Å²) < 4.78 is 1.91. The van der Waals surface area contributed by atoms with Crippen LogP contribution >= 0.6 is 0 Å². The molecule has 1 aromatic heterocycles. The number of aryl methyl sites for hydroxylation is 1. The monoisotopic (exact) mass is 264 g/mol. The molecule has 1 aliphatic rings. The van der Waals surface area contributed by atoms with E-state index in [0.717, 1.165) is 5.82 Å². The van der Waals surface area contributed by atoms with Crippen LogP contribution in [0.5, 0.6) is 0 Å². The number of amides is 2. The summed E-state index contributed by atoms with van der Waals surface area (Å²) in [5.41, 5.74) is 0. The summed E-state index contributed by atoms with van der Waals surface area (Å²) in [7, 11) is 1.92. The molecule has 0 saturated heterocycles. The lowest BCUT2D eigenvalue weighted by atomic mass is 9.85. The Morgan fingerprint density at radius 1 is 1.47 bits per heavy atom. The third-order valence-corrected chi connectivity index (χ3v) is 4.04. The quantitative estimate of drug-likeness (QED) is 0.875. The number of imidazole rings is 1. The molecular weight excluding hydrogens is 240 g/mol. The van der Waals surface area contributed by atoms with Gasteiger partial charge in [0.1, 0.15) is 5.82 Å². The number of hydrogen-bond donors (Lipinski definition) is 2. The predicted molar refractivity (Wildman–Crippen MR) is 74.6 cm³/mol. The van der Waals surface area contributed by atoms with Crippen LogP contribution < -0.4 is 10.6 Å². The normalized spacial score (nSPS) is 18.0. The number of nitrogens with zero attached hydrogens (tertiary/aromatic N) is 2. The van der Waals surface area contributed by atoms with E-state index < -0.39 is 0 Å². The third kappa shape index (κ3) is 3.98. The summed E-state index contributed by atoms with van der Waals surface area (Å²) in [6.07, 6.45) is 10.0. The van der Waals surface area contributed by atoms with Crippen LogP contribution in [0.1, 0.15) is 44.9 Å². The van der Waals surface area contributed by atoms with Crippen LogP contribution in [-0.2, 0) is 13.6 Å². The fraction of sp³-hybridized carbons (Fsp3) is 0.714. The molecule has 1 unspecified atom stereocenters. The number of rotatable bonds is 4. The van der Waals surface area contributed by atoms with E-state index in [1.54, 1.807) is 6.20 Å². The van der Waals surface area contributed by atoms with Gasteiger partial charge >= 0.3 is 6.03 Å². The second kappa shape index (κ2) is 6.59. The fourth-order valence-corrected chi connectivity index (χ4v) is 2.74. The van der Waals surface area contributed by atoms with Gasteiger partial charge in [0, 0.05) is 25.5 Å². The van der Waals surface area contributed by atoms with Gasteiger partial charge in [-0.25, -0.2) is 9.78 Å². The van der Waals surface area contributed by atoms with Gasteiger partial charge < -0.3 is 15.2 Å². The van der Waals surface area contributed by atoms with E-state index in [0.29, 0.717) is 12.5 Å². The number of aromatic nitrogens is 2. The lowest BCUT2D eigenvalue weighted by Crippen LogP contribution is -2.44. The van der Waals surface area contributed by atoms with Gasteiger partial charge in [0.15, 0.2) is 0 Å². The van der Waals surface area contributed by atoms with Crippen LogP contribution in [0.2, 0.25) is 0 Å². The zero-order valence-electron chi connectivity index (χ0n) is 11.9. The maximum absolute atomic E-state index is 11.8. The van der Waals surface area contributed by atoms with E-state index in [2.05, 4.69) is 22.5 Å². The van der Waals surface area contributed by atoms with Crippen molar-refractivity contribution in [2.24, 2.45) is 13.0 Å². The Bertz CT molecular complexity index is 409. The molecular formula is C14H24N4O. The summed E-state index contributed by atoms with van der Waals surface area (Å²) in [6, 6.07) is 0.155. The van der Waals surface area contributed by atoms with E-state index in [1.807, 2.05) is 17.8 Å². The van der Waals surface area contributed by atoms with Crippen LogP contribution in [-0.4, -0.2) is 21.6 Å². The first-order valence-electron chi connectivity index (χ1n) is 7.17. The van der Waals surface area contributed by atoms with Crippen molar-refractivity contribution < 1.29 is 4.79 Å². The van der Waals surface area contributed by atoms with Gasteiger partial charge in [0.25, 0.3) is 0 Å². The first kappa shape index (κ1) is 13.9. The molecule has 0 aliphatic heterocycles. The number of nitrogens with one attached hydrogen (secondary N) is 2. The molecule has 2 amide bonds. The van der Waals surface area contributed by atoms with Crippen molar-refractivity contribution >= 4 is 6.03 Å². The molecule has 0 bridgehead atoms. The molecule has 1 fully saturated rings. The smallest absolute Gasteiger partial charge is 0.315 e. The molecule has 1 aliphatic carbocycles. The van der Waals surface area contributed by atoms with E-state index in [9.17, 15) is 4.79 Å². The van der Waals surface area contributed by atoms with E-state index >= 15 is 0 Å². The molecule has 1 atom stereocenters. The van der Waals surface area contributed by atoms with Crippen molar-refractivity contribution in [3.05, 3.63) is 18.2 Å². The zero-order chi connectivity index (χ0) is 13.7. The lowest BCUT2D eigenvalue weighted by Gasteiger charge is -2.28. The van der Waals surface area contributed by atoms with Crippen molar-refractivity contribution in [2.45, 2.75) is 51.6 Å². The van der Waals surface area contributed by atoms with Gasteiger partial charge in [0.05, 0.1) is 6.54 Å². The van der Waals surface area contributed by atoms with Crippen molar-refractivity contribution in [2.75, 3.05) is 0 Å². The maximum Gasteiger partial charge on any atom is 0.315 e. The van der Waals surface area contributed by atoms with Gasteiger partial charge in [-0.15, -0.1) is 0 Å². The summed E-state index contributed by atoms with van der Waals surface area (Å²) in [5.74, 6) is 1.49. The van der Waals surface area contributed by atoms with Gasteiger partial charge in [-0.1, -0.05) is 19.3 Å². The molecule has 2 N–H and O–H groups in total. The third-order valence-electron chi connectivity index (χ3n) is 4.04. The van der Waals surface area contributed by atoms with Crippen molar-refractivity contribution in [3.63, 3.8) is 0 Å². The van der Waals surface area contributed by atoms with Crippen LogP contribution in [0.25, 0.3) is 0 Å². The van der Waals surface area contributed by atoms with E-state index in [4.69, 9.17) is 0 Å². The van der Waals surface area contributed by atoms with Crippen LogP contribution in [0.15, 0.2) is 12.4 Å². The summed E-state index contributed by atoms with van der Waals surface area (Å²) >= 11 is 0. The van der Waals surface area contributed by atoms with Crippen molar-refractivity contribution in [3.8, 4) is 0 Å². The standard InChI is InChI=1S/C14H24N4O/c1-11(12-6-4-3-5-7-12)17-14(19)16-10-13-15-8-9-18(13)2/h8-9,11-12H,3-7,10H2,1-2H3,(H2,16,17,19). The van der Waals surface area contributed by atoms with E-state index in [1.165, 1.54) is 32.1 Å². The fourth-order valence-electron chi connectivity index (χ4n) is 2.74. The Balaban J connectivity index is 1.73. The summed E-state index contributed by atoms with van der Waals surface area (Å²) in [6.45, 7) is 2.57. The molecule has 0 radical (unpaired) electrons. The highest BCUT2D eigenvalue weighted by Gasteiger charge is 2.21. The minimum absolute atomic E-state index is 0.0962. The van der Waals surface area contributed by atoms with E-state index in [-0.39, 0.29) is 12.1 Å². The average Bonchev–Trinajstić information content (AvgIpc) is 2.83. The van der Waals surface area contributed by atoms with Gasteiger partial charge in [-0.05, 0) is 25.7 Å². The minimum Gasteiger partial charge on any atom is -0.337 e. The second-order valence-electron chi connectivity index (χ2n) is 5.47. The molecule has 1 aromatic rings. The Hall–Kier alpha value is -1.52. The lowest BCUT2D eigenvalue weighted by molar-refractivity contribution is 0.224. The first-order valence-corrected chi connectivity index (χ1v) is 7.17. The number of carbonyl (C=O) groups is 1. The molecule has 106 valence electrons. The maximum atomic E-state index is 11.8. The molecule has 19 heavy (non-hydrogen) atoms. The van der Waals surface area contributed by atoms with Gasteiger partial charge in [-0.3, -0.25) is 0 Å². The summed E-state index contributed by atoms with van der Waals surface area (Å²) in [4.78, 5) is 16.0. The predicted octanol–water partition coefficient (Wildman–Crippen LogP) is 2.19. The molecule has 0 spiro atoms. The Kier molecular flexibility index (Phi) is 4.82. The summed E-state index contributed by atoms with van der Waals surface area (Å²) in [5, 5.41) is 5.91. The second-order valence-corrected chi connectivity index (χ2v) is 5.47. The molecule has 5 nitrogen and oxygen atoms in total. The largest absolute Gasteiger partial charge is 0.337 e. The Labute approximate surface area is 114 Å². The topological polar surface area (TPSA) is 59.0 Å². The van der Waals surface area contributed by atoms with Gasteiger partial charge in [-0.2, -0.15) is 0 Å². The van der Waals surface area contributed by atoms with Crippen molar-refractivity contribution in [1.82, 2.24) is 20.2 Å². The minimum atomic E-state index is -0.0962. The Morgan fingerprint density at radius 3 is 2.84 bits per heavy atom. The highest BCUT2D eigenvalue weighted by molar-refractivity contribution is 5.74. The highest BCUT2D eigenvalue weighted by atomic mass is 16.2. The molecule has 0 aromatic carbocycles. The molecule has 1 heterocycles. The molecule has 5 heteroatoms. The first-order chi connectivity index (χ1) is 9.16. The zero-order valence-corrected chi connectivity index (χ0v) is 11.9.